The maximum absolute atomic E-state index is 12.3. The van der Waals surface area contributed by atoms with Gasteiger partial charge in [-0.3, -0.25) is 0 Å². The van der Waals surface area contributed by atoms with Gasteiger partial charge in [-0.05, 0) is 35.0 Å². The van der Waals surface area contributed by atoms with E-state index in [0.717, 1.165) is 11.3 Å². The lowest BCUT2D eigenvalue weighted by molar-refractivity contribution is 0.0435. The second kappa shape index (κ2) is 6.42. The first-order valence-electron chi connectivity index (χ1n) is 7.04. The van der Waals surface area contributed by atoms with Gasteiger partial charge in [-0.25, -0.2) is 4.79 Å². The second-order valence-corrected chi connectivity index (χ2v) is 6.52. The quantitative estimate of drug-likeness (QED) is 0.505. The van der Waals surface area contributed by atoms with E-state index in [0.29, 0.717) is 10.7 Å². The van der Waals surface area contributed by atoms with Crippen LogP contribution in [-0.4, -0.2) is 20.7 Å². The molecule has 8 heteroatoms. The summed E-state index contributed by atoms with van der Waals surface area (Å²) in [4.78, 5) is 17.1. The van der Waals surface area contributed by atoms with Crippen LogP contribution in [0, 0.1) is 0 Å². The lowest BCUT2D eigenvalue weighted by atomic mass is 10.3. The minimum atomic E-state index is -0.413. The summed E-state index contributed by atoms with van der Waals surface area (Å²) in [6.07, 6.45) is 3.76. The summed E-state index contributed by atoms with van der Waals surface area (Å²) in [6.45, 7) is -0.0566. The van der Waals surface area contributed by atoms with Gasteiger partial charge in [-0.2, -0.15) is 16.3 Å². The molecule has 4 aromatic heterocycles. The molecule has 0 amide bonds. The Morgan fingerprint density at radius 3 is 2.92 bits per heavy atom. The van der Waals surface area contributed by atoms with E-state index in [-0.39, 0.29) is 12.5 Å². The van der Waals surface area contributed by atoms with E-state index in [9.17, 15) is 4.79 Å². The fourth-order valence-electron chi connectivity index (χ4n) is 2.17. The standard InChI is InChI=1S/C16H11N3O3S2/c20-16(14-12(4-8-24-14)19-5-1-2-6-19)21-9-13-17-15(18-22-13)11-3-7-23-10-11/h1-8,10H,9H2. The van der Waals surface area contributed by atoms with Crippen LogP contribution >= 0.6 is 22.7 Å². The first kappa shape index (κ1) is 14.9. The van der Waals surface area contributed by atoms with E-state index >= 15 is 0 Å². The van der Waals surface area contributed by atoms with Gasteiger partial charge in [-0.1, -0.05) is 5.16 Å². The zero-order chi connectivity index (χ0) is 16.4. The highest BCUT2D eigenvalue weighted by Gasteiger charge is 2.17. The van der Waals surface area contributed by atoms with E-state index in [4.69, 9.17) is 9.26 Å². The molecule has 0 radical (unpaired) electrons. The van der Waals surface area contributed by atoms with Crippen LogP contribution in [0.5, 0.6) is 0 Å². The van der Waals surface area contributed by atoms with Crippen molar-refractivity contribution < 1.29 is 14.1 Å². The predicted molar refractivity (Wildman–Crippen MR) is 90.4 cm³/mol. The van der Waals surface area contributed by atoms with Crippen molar-refractivity contribution in [2.75, 3.05) is 0 Å². The summed E-state index contributed by atoms with van der Waals surface area (Å²) in [6, 6.07) is 7.58. The minimum Gasteiger partial charge on any atom is -0.451 e. The van der Waals surface area contributed by atoms with E-state index < -0.39 is 5.97 Å². The van der Waals surface area contributed by atoms with Crippen LogP contribution in [0.1, 0.15) is 15.6 Å². The van der Waals surface area contributed by atoms with Gasteiger partial charge in [0.2, 0.25) is 5.82 Å². The molecule has 4 heterocycles. The normalized spacial score (nSPS) is 10.8. The Morgan fingerprint density at radius 1 is 1.25 bits per heavy atom. The smallest absolute Gasteiger partial charge is 0.350 e. The molecule has 0 N–H and O–H groups in total. The molecule has 0 fully saturated rings. The summed E-state index contributed by atoms with van der Waals surface area (Å²) in [7, 11) is 0. The van der Waals surface area contributed by atoms with Crippen molar-refractivity contribution in [3.8, 4) is 17.1 Å². The fraction of sp³-hybridized carbons (Fsp3) is 0.0625. The number of carbonyl (C=O) groups excluding carboxylic acids is 1. The van der Waals surface area contributed by atoms with Crippen LogP contribution in [-0.2, 0) is 11.3 Å². The van der Waals surface area contributed by atoms with Gasteiger partial charge in [0.05, 0.1) is 5.69 Å². The first-order chi connectivity index (χ1) is 11.8. The molecular weight excluding hydrogens is 346 g/mol. The molecular formula is C16H11N3O3S2. The number of hydrogen-bond donors (Lipinski definition) is 0. The Balaban J connectivity index is 1.45. The largest absolute Gasteiger partial charge is 0.451 e. The van der Waals surface area contributed by atoms with Gasteiger partial charge in [0.15, 0.2) is 6.61 Å². The molecule has 0 saturated carbocycles. The summed E-state index contributed by atoms with van der Waals surface area (Å²) in [5.74, 6) is 0.346. The van der Waals surface area contributed by atoms with Gasteiger partial charge in [0.25, 0.3) is 5.89 Å². The first-order valence-corrected chi connectivity index (χ1v) is 8.86. The molecule has 0 aliphatic carbocycles. The summed E-state index contributed by atoms with van der Waals surface area (Å²) in [5.41, 5.74) is 1.67. The van der Waals surface area contributed by atoms with Gasteiger partial charge in [0, 0.05) is 23.3 Å². The molecule has 0 unspecified atom stereocenters. The highest BCUT2D eigenvalue weighted by molar-refractivity contribution is 7.12. The van der Waals surface area contributed by atoms with E-state index in [1.54, 1.807) is 11.3 Å². The summed E-state index contributed by atoms with van der Waals surface area (Å²) >= 11 is 2.89. The Hall–Kier alpha value is -2.71. The highest BCUT2D eigenvalue weighted by atomic mass is 32.1. The fourth-order valence-corrected chi connectivity index (χ4v) is 3.59. The minimum absolute atomic E-state index is 0.0566. The Bertz CT molecular complexity index is 939. The molecule has 0 atom stereocenters. The molecule has 4 rings (SSSR count). The maximum Gasteiger partial charge on any atom is 0.350 e. The summed E-state index contributed by atoms with van der Waals surface area (Å²) in [5, 5.41) is 9.60. The number of ether oxygens (including phenoxy) is 1. The number of esters is 1. The molecule has 0 aliphatic heterocycles. The average molecular weight is 357 g/mol. The number of hydrogen-bond acceptors (Lipinski definition) is 7. The van der Waals surface area contributed by atoms with Gasteiger partial charge in [0.1, 0.15) is 4.88 Å². The number of aromatic nitrogens is 3. The van der Waals surface area contributed by atoms with Gasteiger partial charge in [-0.15, -0.1) is 11.3 Å². The molecule has 6 nitrogen and oxygen atoms in total. The lowest BCUT2D eigenvalue weighted by Crippen LogP contribution is -2.06. The number of rotatable bonds is 5. The van der Waals surface area contributed by atoms with Crippen molar-refractivity contribution in [3.63, 3.8) is 0 Å². The topological polar surface area (TPSA) is 70.2 Å². The molecule has 0 saturated heterocycles. The highest BCUT2D eigenvalue weighted by Crippen LogP contribution is 2.23. The van der Waals surface area contributed by atoms with Crippen LogP contribution in [0.2, 0.25) is 0 Å². The molecule has 120 valence electrons. The van der Waals surface area contributed by atoms with Gasteiger partial charge >= 0.3 is 5.97 Å². The van der Waals surface area contributed by atoms with Crippen LogP contribution in [0.25, 0.3) is 17.1 Å². The summed E-state index contributed by atoms with van der Waals surface area (Å²) < 4.78 is 12.3. The van der Waals surface area contributed by atoms with Crippen LogP contribution in [0.15, 0.2) is 57.3 Å². The van der Waals surface area contributed by atoms with Gasteiger partial charge < -0.3 is 13.8 Å². The number of nitrogens with zero attached hydrogens (tertiary/aromatic N) is 3. The molecule has 4 aromatic rings. The van der Waals surface area contributed by atoms with E-state index in [1.165, 1.54) is 11.3 Å². The predicted octanol–water partition coefficient (Wildman–Crippen LogP) is 4.01. The molecule has 0 spiro atoms. The Kier molecular flexibility index (Phi) is 3.97. The third kappa shape index (κ3) is 2.89. The van der Waals surface area contributed by atoms with Crippen LogP contribution in [0.3, 0.4) is 0 Å². The SMILES string of the molecule is O=C(OCc1nc(-c2ccsc2)no1)c1sccc1-n1cccc1. The third-order valence-electron chi connectivity index (χ3n) is 3.29. The molecule has 24 heavy (non-hydrogen) atoms. The lowest BCUT2D eigenvalue weighted by Gasteiger charge is -2.04. The van der Waals surface area contributed by atoms with E-state index in [1.807, 2.05) is 57.4 Å². The number of thiophene rings is 2. The van der Waals surface area contributed by atoms with Crippen molar-refractivity contribution in [3.05, 3.63) is 63.6 Å². The van der Waals surface area contributed by atoms with Crippen molar-refractivity contribution >= 4 is 28.6 Å². The Morgan fingerprint density at radius 2 is 2.12 bits per heavy atom. The van der Waals surface area contributed by atoms with Crippen molar-refractivity contribution in [2.45, 2.75) is 6.61 Å². The monoisotopic (exact) mass is 357 g/mol. The third-order valence-corrected chi connectivity index (χ3v) is 4.85. The molecule has 0 aliphatic rings. The second-order valence-electron chi connectivity index (χ2n) is 4.83. The van der Waals surface area contributed by atoms with Crippen molar-refractivity contribution in [1.82, 2.24) is 14.7 Å². The van der Waals surface area contributed by atoms with Crippen molar-refractivity contribution in [1.29, 1.82) is 0 Å². The zero-order valence-corrected chi connectivity index (χ0v) is 13.9. The molecule has 0 bridgehead atoms. The zero-order valence-electron chi connectivity index (χ0n) is 12.3. The van der Waals surface area contributed by atoms with Crippen LogP contribution < -0.4 is 0 Å². The Labute approximate surface area is 144 Å². The average Bonchev–Trinajstić information content (AvgIpc) is 3.40. The number of carbonyl (C=O) groups is 1. The van der Waals surface area contributed by atoms with Crippen molar-refractivity contribution in [2.24, 2.45) is 0 Å². The molecule has 0 aromatic carbocycles. The van der Waals surface area contributed by atoms with E-state index in [2.05, 4.69) is 10.1 Å². The maximum atomic E-state index is 12.3. The van der Waals surface area contributed by atoms with Crippen LogP contribution in [0.4, 0.5) is 0 Å².